The maximum atomic E-state index is 4.29. The van der Waals surface area contributed by atoms with Gasteiger partial charge < -0.3 is 5.32 Å². The number of benzene rings is 1. The number of rotatable bonds is 5. The van der Waals surface area contributed by atoms with Gasteiger partial charge in [0.2, 0.25) is 0 Å². The van der Waals surface area contributed by atoms with E-state index in [0.717, 1.165) is 13.1 Å². The lowest BCUT2D eigenvalue weighted by molar-refractivity contribution is 0.675. The van der Waals surface area contributed by atoms with E-state index < -0.39 is 0 Å². The highest BCUT2D eigenvalue weighted by molar-refractivity contribution is 5.67. The molecule has 0 aliphatic heterocycles. The van der Waals surface area contributed by atoms with Crippen molar-refractivity contribution in [3.63, 3.8) is 0 Å². The molecule has 0 saturated carbocycles. The van der Waals surface area contributed by atoms with Gasteiger partial charge in [0, 0.05) is 24.5 Å². The van der Waals surface area contributed by atoms with Crippen LogP contribution in [-0.2, 0) is 6.54 Å². The van der Waals surface area contributed by atoms with Crippen LogP contribution in [-0.4, -0.2) is 11.5 Å². The summed E-state index contributed by atoms with van der Waals surface area (Å²) >= 11 is 0. The van der Waals surface area contributed by atoms with Crippen LogP contribution in [0.4, 0.5) is 0 Å². The van der Waals surface area contributed by atoms with Crippen LogP contribution < -0.4 is 5.32 Å². The van der Waals surface area contributed by atoms with Gasteiger partial charge in [0.25, 0.3) is 0 Å². The molecule has 1 N–H and O–H groups in total. The molecule has 0 spiro atoms. The van der Waals surface area contributed by atoms with Gasteiger partial charge in [-0.05, 0) is 61.2 Å². The second kappa shape index (κ2) is 6.48. The molecule has 1 aromatic carbocycles. The summed E-state index contributed by atoms with van der Waals surface area (Å²) in [5, 5.41) is 3.45. The number of aromatic nitrogens is 1. The number of pyridine rings is 1. The van der Waals surface area contributed by atoms with Gasteiger partial charge in [-0.15, -0.1) is 0 Å². The lowest BCUT2D eigenvalue weighted by Crippen LogP contribution is -2.13. The van der Waals surface area contributed by atoms with Gasteiger partial charge in [-0.25, -0.2) is 0 Å². The Hall–Kier alpha value is -1.67. The molecule has 19 heavy (non-hydrogen) atoms. The van der Waals surface area contributed by atoms with E-state index in [9.17, 15) is 0 Å². The van der Waals surface area contributed by atoms with Crippen LogP contribution in [0.3, 0.4) is 0 Å². The fraction of sp³-hybridized carbons (Fsp3) is 0.353. The van der Waals surface area contributed by atoms with Crippen LogP contribution in [0.15, 0.2) is 36.7 Å². The molecule has 0 aliphatic carbocycles. The van der Waals surface area contributed by atoms with Crippen molar-refractivity contribution < 1.29 is 0 Å². The topological polar surface area (TPSA) is 24.9 Å². The van der Waals surface area contributed by atoms with Crippen LogP contribution in [0.2, 0.25) is 0 Å². The highest BCUT2D eigenvalue weighted by Crippen LogP contribution is 2.24. The Kier molecular flexibility index (Phi) is 4.69. The third kappa shape index (κ3) is 3.65. The van der Waals surface area contributed by atoms with E-state index in [2.05, 4.69) is 55.3 Å². The molecule has 0 fully saturated rings. The van der Waals surface area contributed by atoms with Gasteiger partial charge in [0.15, 0.2) is 0 Å². The van der Waals surface area contributed by atoms with E-state index >= 15 is 0 Å². The molecule has 1 heterocycles. The Balaban J connectivity index is 2.26. The minimum atomic E-state index is 0.931. The summed E-state index contributed by atoms with van der Waals surface area (Å²) in [6.45, 7) is 8.42. The molecule has 2 rings (SSSR count). The van der Waals surface area contributed by atoms with Crippen molar-refractivity contribution in [3.05, 3.63) is 53.3 Å². The van der Waals surface area contributed by atoms with Crippen molar-refractivity contribution >= 4 is 0 Å². The van der Waals surface area contributed by atoms with E-state index in [1.54, 1.807) is 0 Å². The van der Waals surface area contributed by atoms with Crippen molar-refractivity contribution in [1.82, 2.24) is 10.3 Å². The SMILES string of the molecule is CCCNCc1ccc(C)c(-c2cncc(C)c2)c1. The van der Waals surface area contributed by atoms with Crippen LogP contribution in [0, 0.1) is 13.8 Å². The zero-order chi connectivity index (χ0) is 13.7. The van der Waals surface area contributed by atoms with Gasteiger partial charge in [0.05, 0.1) is 0 Å². The lowest BCUT2D eigenvalue weighted by atomic mass is 9.98. The predicted molar refractivity (Wildman–Crippen MR) is 81.1 cm³/mol. The number of hydrogen-bond acceptors (Lipinski definition) is 2. The number of nitrogens with one attached hydrogen (secondary N) is 1. The summed E-state index contributed by atoms with van der Waals surface area (Å²) in [5.41, 5.74) is 6.32. The Morgan fingerprint density at radius 3 is 2.68 bits per heavy atom. The van der Waals surface area contributed by atoms with Gasteiger partial charge in [-0.3, -0.25) is 4.98 Å². The molecule has 0 aliphatic rings. The van der Waals surface area contributed by atoms with Gasteiger partial charge in [0.1, 0.15) is 0 Å². The molecule has 1 aromatic heterocycles. The normalized spacial score (nSPS) is 10.7. The van der Waals surface area contributed by atoms with E-state index in [1.165, 1.54) is 34.2 Å². The Morgan fingerprint density at radius 2 is 1.95 bits per heavy atom. The van der Waals surface area contributed by atoms with Crippen molar-refractivity contribution in [3.8, 4) is 11.1 Å². The molecule has 0 saturated heterocycles. The summed E-state index contributed by atoms with van der Waals surface area (Å²) in [6.07, 6.45) is 5.00. The molecule has 0 radical (unpaired) electrons. The Labute approximate surface area is 115 Å². The number of aryl methyl sites for hydroxylation is 2. The number of nitrogens with zero attached hydrogens (tertiary/aromatic N) is 1. The smallest absolute Gasteiger partial charge is 0.0346 e. The maximum absolute atomic E-state index is 4.29. The van der Waals surface area contributed by atoms with Crippen LogP contribution >= 0.6 is 0 Å². The van der Waals surface area contributed by atoms with Crippen LogP contribution in [0.1, 0.15) is 30.0 Å². The fourth-order valence-corrected chi connectivity index (χ4v) is 2.20. The van der Waals surface area contributed by atoms with Crippen LogP contribution in [0.5, 0.6) is 0 Å². The second-order valence-electron chi connectivity index (χ2n) is 5.08. The zero-order valence-corrected chi connectivity index (χ0v) is 12.0. The first-order chi connectivity index (χ1) is 9.20. The molecular weight excluding hydrogens is 232 g/mol. The first-order valence-electron chi connectivity index (χ1n) is 6.93. The molecule has 100 valence electrons. The monoisotopic (exact) mass is 254 g/mol. The minimum absolute atomic E-state index is 0.931. The summed E-state index contributed by atoms with van der Waals surface area (Å²) in [7, 11) is 0. The third-order valence-corrected chi connectivity index (χ3v) is 3.24. The first kappa shape index (κ1) is 13.8. The highest BCUT2D eigenvalue weighted by atomic mass is 14.8. The molecule has 0 unspecified atom stereocenters. The van der Waals surface area contributed by atoms with E-state index in [0.29, 0.717) is 0 Å². The molecule has 2 nitrogen and oxygen atoms in total. The average molecular weight is 254 g/mol. The predicted octanol–water partition coefficient (Wildman–Crippen LogP) is 3.87. The van der Waals surface area contributed by atoms with E-state index in [-0.39, 0.29) is 0 Å². The van der Waals surface area contributed by atoms with Crippen molar-refractivity contribution in [2.24, 2.45) is 0 Å². The minimum Gasteiger partial charge on any atom is -0.313 e. The third-order valence-electron chi connectivity index (χ3n) is 3.24. The maximum Gasteiger partial charge on any atom is 0.0346 e. The molecule has 2 aromatic rings. The molecule has 2 heteroatoms. The Morgan fingerprint density at radius 1 is 1.11 bits per heavy atom. The van der Waals surface area contributed by atoms with Gasteiger partial charge >= 0.3 is 0 Å². The van der Waals surface area contributed by atoms with Crippen molar-refractivity contribution in [2.45, 2.75) is 33.7 Å². The van der Waals surface area contributed by atoms with Crippen LogP contribution in [0.25, 0.3) is 11.1 Å². The fourth-order valence-electron chi connectivity index (χ4n) is 2.20. The largest absolute Gasteiger partial charge is 0.313 e. The first-order valence-corrected chi connectivity index (χ1v) is 6.93. The Bertz CT molecular complexity index is 547. The van der Waals surface area contributed by atoms with Gasteiger partial charge in [-0.1, -0.05) is 19.1 Å². The zero-order valence-electron chi connectivity index (χ0n) is 12.0. The average Bonchev–Trinajstić information content (AvgIpc) is 2.41. The summed E-state index contributed by atoms with van der Waals surface area (Å²) in [6, 6.07) is 8.86. The quantitative estimate of drug-likeness (QED) is 0.819. The van der Waals surface area contributed by atoms with Crippen molar-refractivity contribution in [1.29, 1.82) is 0 Å². The van der Waals surface area contributed by atoms with E-state index in [4.69, 9.17) is 0 Å². The molecule has 0 amide bonds. The molecular formula is C17H22N2. The molecule has 0 bridgehead atoms. The van der Waals surface area contributed by atoms with Crippen molar-refractivity contribution in [2.75, 3.05) is 6.54 Å². The lowest BCUT2D eigenvalue weighted by Gasteiger charge is -2.10. The van der Waals surface area contributed by atoms with Gasteiger partial charge in [-0.2, -0.15) is 0 Å². The summed E-state index contributed by atoms with van der Waals surface area (Å²) < 4.78 is 0. The highest BCUT2D eigenvalue weighted by Gasteiger charge is 2.04. The molecule has 0 atom stereocenters. The summed E-state index contributed by atoms with van der Waals surface area (Å²) in [4.78, 5) is 4.29. The van der Waals surface area contributed by atoms with E-state index in [1.807, 2.05) is 12.4 Å². The summed E-state index contributed by atoms with van der Waals surface area (Å²) in [5.74, 6) is 0. The number of hydrogen-bond donors (Lipinski definition) is 1. The second-order valence-corrected chi connectivity index (χ2v) is 5.08. The standard InChI is InChI=1S/C17H22N2/c1-4-7-18-11-15-6-5-14(3)17(9-15)16-8-13(2)10-19-12-16/h5-6,8-10,12,18H,4,7,11H2,1-3H3.